The summed E-state index contributed by atoms with van der Waals surface area (Å²) in [7, 11) is 0. The van der Waals surface area contributed by atoms with Crippen LogP contribution < -0.4 is 4.90 Å². The lowest BCUT2D eigenvalue weighted by Gasteiger charge is -2.37. The fraction of sp³-hybridized carbons (Fsp3) is 0.636. The van der Waals surface area contributed by atoms with Gasteiger partial charge in [0.15, 0.2) is 0 Å². The zero-order chi connectivity index (χ0) is 11.5. The molecule has 0 aromatic carbocycles. The van der Waals surface area contributed by atoms with Crippen LogP contribution in [0.5, 0.6) is 0 Å². The summed E-state index contributed by atoms with van der Waals surface area (Å²) in [5, 5.41) is 0. The van der Waals surface area contributed by atoms with Gasteiger partial charge in [0.1, 0.15) is 16.7 Å². The molecule has 1 aromatic heterocycles. The molecule has 0 aliphatic carbocycles. The fourth-order valence-corrected chi connectivity index (χ4v) is 2.26. The molecule has 0 bridgehead atoms. The molecule has 2 rings (SSSR count). The monoisotopic (exact) mass is 284 g/mol. The van der Waals surface area contributed by atoms with E-state index in [1.165, 1.54) is 0 Å². The first-order chi connectivity index (χ1) is 7.66. The van der Waals surface area contributed by atoms with E-state index in [-0.39, 0.29) is 0 Å². The zero-order valence-corrected chi connectivity index (χ0v) is 11.3. The van der Waals surface area contributed by atoms with Crippen LogP contribution in [-0.2, 0) is 0 Å². The maximum Gasteiger partial charge on any atom is 0.133 e. The summed E-state index contributed by atoms with van der Waals surface area (Å²) < 4.78 is 0.851. The lowest BCUT2D eigenvalue weighted by Crippen LogP contribution is -2.49. The van der Waals surface area contributed by atoms with Crippen molar-refractivity contribution in [2.24, 2.45) is 0 Å². The number of hydrogen-bond acceptors (Lipinski definition) is 4. The minimum absolute atomic E-state index is 0.638. The Bertz CT molecular complexity index is 348. The summed E-state index contributed by atoms with van der Waals surface area (Å²) >= 11 is 3.38. The number of aromatic nitrogens is 2. The van der Waals surface area contributed by atoms with Crippen molar-refractivity contribution in [3.05, 3.63) is 17.0 Å². The van der Waals surface area contributed by atoms with Crippen molar-refractivity contribution in [1.29, 1.82) is 0 Å². The number of halogens is 1. The van der Waals surface area contributed by atoms with Crippen molar-refractivity contribution < 1.29 is 0 Å². The molecule has 4 nitrogen and oxygen atoms in total. The van der Waals surface area contributed by atoms with Crippen molar-refractivity contribution in [3.63, 3.8) is 0 Å². The number of piperazine rings is 1. The first-order valence-electron chi connectivity index (χ1n) is 5.63. The fourth-order valence-electron chi connectivity index (χ4n) is 1.96. The molecule has 0 amide bonds. The van der Waals surface area contributed by atoms with Crippen LogP contribution >= 0.6 is 15.9 Å². The molecule has 0 spiro atoms. The predicted molar refractivity (Wildman–Crippen MR) is 68.7 cm³/mol. The van der Waals surface area contributed by atoms with Crippen molar-refractivity contribution >= 4 is 21.7 Å². The van der Waals surface area contributed by atoms with Crippen molar-refractivity contribution in [3.8, 4) is 0 Å². The Morgan fingerprint density at radius 2 is 1.88 bits per heavy atom. The second-order valence-corrected chi connectivity index (χ2v) is 5.13. The van der Waals surface area contributed by atoms with E-state index in [9.17, 15) is 0 Å². The first-order valence-corrected chi connectivity index (χ1v) is 6.42. The van der Waals surface area contributed by atoms with Gasteiger partial charge in [-0.05, 0) is 29.8 Å². The topological polar surface area (TPSA) is 32.3 Å². The van der Waals surface area contributed by atoms with E-state index in [1.807, 2.05) is 6.07 Å². The largest absolute Gasteiger partial charge is 0.354 e. The van der Waals surface area contributed by atoms with Crippen LogP contribution in [0.4, 0.5) is 5.82 Å². The summed E-state index contributed by atoms with van der Waals surface area (Å²) in [6.07, 6.45) is 1.61. The number of rotatable bonds is 2. The SMILES string of the molecule is CC(C)N1CCN(c2cc(Br)ncn2)CC1. The molecular formula is C11H17BrN4. The summed E-state index contributed by atoms with van der Waals surface area (Å²) in [5.41, 5.74) is 0. The van der Waals surface area contributed by atoms with Gasteiger partial charge >= 0.3 is 0 Å². The quantitative estimate of drug-likeness (QED) is 0.775. The Morgan fingerprint density at radius 1 is 1.19 bits per heavy atom. The van der Waals surface area contributed by atoms with Gasteiger partial charge in [-0.2, -0.15) is 0 Å². The predicted octanol–water partition coefficient (Wildman–Crippen LogP) is 1.77. The van der Waals surface area contributed by atoms with Gasteiger partial charge in [0, 0.05) is 38.3 Å². The molecule has 0 radical (unpaired) electrons. The van der Waals surface area contributed by atoms with Crippen LogP contribution in [0.1, 0.15) is 13.8 Å². The summed E-state index contributed by atoms with van der Waals surface area (Å²) in [5.74, 6) is 1.02. The average molecular weight is 285 g/mol. The minimum atomic E-state index is 0.638. The van der Waals surface area contributed by atoms with E-state index in [4.69, 9.17) is 0 Å². The van der Waals surface area contributed by atoms with Gasteiger partial charge in [-0.3, -0.25) is 4.90 Å². The summed E-state index contributed by atoms with van der Waals surface area (Å²) in [6, 6.07) is 2.62. The molecule has 1 saturated heterocycles. The third-order valence-electron chi connectivity index (χ3n) is 2.99. The lowest BCUT2D eigenvalue weighted by molar-refractivity contribution is 0.209. The maximum atomic E-state index is 4.30. The van der Waals surface area contributed by atoms with Gasteiger partial charge in [0.25, 0.3) is 0 Å². The van der Waals surface area contributed by atoms with Gasteiger partial charge in [0.05, 0.1) is 0 Å². The molecule has 1 aliphatic rings. The lowest BCUT2D eigenvalue weighted by atomic mass is 10.2. The number of anilines is 1. The highest BCUT2D eigenvalue weighted by molar-refractivity contribution is 9.10. The van der Waals surface area contributed by atoms with Crippen LogP contribution in [0.2, 0.25) is 0 Å². The zero-order valence-electron chi connectivity index (χ0n) is 9.73. The van der Waals surface area contributed by atoms with Gasteiger partial charge in [-0.15, -0.1) is 0 Å². The van der Waals surface area contributed by atoms with Crippen molar-refractivity contribution in [2.75, 3.05) is 31.1 Å². The molecule has 1 fully saturated rings. The molecule has 88 valence electrons. The first kappa shape index (κ1) is 11.8. The van der Waals surface area contributed by atoms with E-state index < -0.39 is 0 Å². The van der Waals surface area contributed by atoms with E-state index in [0.717, 1.165) is 36.6 Å². The minimum Gasteiger partial charge on any atom is -0.354 e. The summed E-state index contributed by atoms with van der Waals surface area (Å²) in [4.78, 5) is 13.1. The highest BCUT2D eigenvalue weighted by Gasteiger charge is 2.19. The normalized spacial score (nSPS) is 18.1. The smallest absolute Gasteiger partial charge is 0.133 e. The Hall–Kier alpha value is -0.680. The Balaban J connectivity index is 1.99. The van der Waals surface area contributed by atoms with Crippen molar-refractivity contribution in [2.45, 2.75) is 19.9 Å². The van der Waals surface area contributed by atoms with Gasteiger partial charge in [0.2, 0.25) is 0 Å². The molecule has 0 saturated carbocycles. The van der Waals surface area contributed by atoms with E-state index in [0.29, 0.717) is 6.04 Å². The Labute approximate surface area is 105 Å². The molecular weight excluding hydrogens is 268 g/mol. The van der Waals surface area contributed by atoms with E-state index in [1.54, 1.807) is 6.33 Å². The second kappa shape index (κ2) is 5.10. The molecule has 5 heteroatoms. The summed E-state index contributed by atoms with van der Waals surface area (Å²) in [6.45, 7) is 8.80. The molecule has 16 heavy (non-hydrogen) atoms. The van der Waals surface area contributed by atoms with E-state index in [2.05, 4.69) is 49.5 Å². The number of hydrogen-bond donors (Lipinski definition) is 0. The van der Waals surface area contributed by atoms with Crippen LogP contribution in [0.3, 0.4) is 0 Å². The van der Waals surface area contributed by atoms with Crippen LogP contribution in [0, 0.1) is 0 Å². The molecule has 2 heterocycles. The highest BCUT2D eigenvalue weighted by Crippen LogP contribution is 2.17. The molecule has 1 aromatic rings. The van der Waals surface area contributed by atoms with Gasteiger partial charge in [-0.1, -0.05) is 0 Å². The molecule has 0 atom stereocenters. The number of nitrogens with zero attached hydrogens (tertiary/aromatic N) is 4. The van der Waals surface area contributed by atoms with Crippen LogP contribution in [0.25, 0.3) is 0 Å². The highest BCUT2D eigenvalue weighted by atomic mass is 79.9. The van der Waals surface area contributed by atoms with E-state index >= 15 is 0 Å². The van der Waals surface area contributed by atoms with Gasteiger partial charge < -0.3 is 4.90 Å². The van der Waals surface area contributed by atoms with Crippen LogP contribution in [-0.4, -0.2) is 47.1 Å². The molecule has 0 N–H and O–H groups in total. The van der Waals surface area contributed by atoms with Crippen LogP contribution in [0.15, 0.2) is 17.0 Å². The standard InChI is InChI=1S/C11H17BrN4/c1-9(2)15-3-5-16(6-4-15)11-7-10(12)13-8-14-11/h7-9H,3-6H2,1-2H3. The van der Waals surface area contributed by atoms with Crippen molar-refractivity contribution in [1.82, 2.24) is 14.9 Å². The third kappa shape index (κ3) is 2.71. The Morgan fingerprint density at radius 3 is 2.44 bits per heavy atom. The molecule has 0 unspecified atom stereocenters. The van der Waals surface area contributed by atoms with Gasteiger partial charge in [-0.25, -0.2) is 9.97 Å². The third-order valence-corrected chi connectivity index (χ3v) is 3.42. The maximum absolute atomic E-state index is 4.30. The molecule has 1 aliphatic heterocycles. The average Bonchev–Trinajstić information content (AvgIpc) is 2.29. The second-order valence-electron chi connectivity index (χ2n) is 4.32. The Kier molecular flexibility index (Phi) is 3.76.